The molecule has 1 N–H and O–H groups in total. The van der Waals surface area contributed by atoms with E-state index in [9.17, 15) is 9.59 Å². The van der Waals surface area contributed by atoms with E-state index in [1.54, 1.807) is 4.90 Å². The van der Waals surface area contributed by atoms with Gasteiger partial charge in [-0.15, -0.1) is 0 Å². The summed E-state index contributed by atoms with van der Waals surface area (Å²) in [6.07, 6.45) is 1.28. The van der Waals surface area contributed by atoms with Crippen molar-refractivity contribution in [3.8, 4) is 0 Å². The van der Waals surface area contributed by atoms with E-state index < -0.39 is 17.5 Å². The van der Waals surface area contributed by atoms with Crippen LogP contribution in [0.2, 0.25) is 0 Å². The third kappa shape index (κ3) is 3.24. The second-order valence-electron chi connectivity index (χ2n) is 6.80. The molecular weight excluding hydrogens is 294 g/mol. The average Bonchev–Trinajstić information content (AvgIpc) is 3.26. The van der Waals surface area contributed by atoms with Gasteiger partial charge < -0.3 is 14.7 Å². The number of amides is 1. The zero-order chi connectivity index (χ0) is 16.6. The van der Waals surface area contributed by atoms with E-state index in [1.807, 2.05) is 0 Å². The van der Waals surface area contributed by atoms with Crippen molar-refractivity contribution in [3.63, 3.8) is 0 Å². The predicted molar refractivity (Wildman–Crippen MR) is 85.4 cm³/mol. The lowest BCUT2D eigenvalue weighted by Crippen LogP contribution is -2.49. The largest absolute Gasteiger partial charge is 0.481 e. The van der Waals surface area contributed by atoms with Gasteiger partial charge in [0, 0.05) is 13.1 Å². The van der Waals surface area contributed by atoms with Crippen molar-refractivity contribution in [2.75, 3.05) is 19.7 Å². The maximum Gasteiger partial charge on any atom is 0.306 e. The van der Waals surface area contributed by atoms with Crippen molar-refractivity contribution in [2.24, 2.45) is 0 Å². The normalized spacial score (nSPS) is 22.7. The summed E-state index contributed by atoms with van der Waals surface area (Å²) in [6.45, 7) is 5.43. The molecule has 1 aromatic rings. The fourth-order valence-corrected chi connectivity index (χ4v) is 3.53. The fraction of sp³-hybridized carbons (Fsp3) is 0.556. The third-order valence-electron chi connectivity index (χ3n) is 4.76. The molecule has 1 saturated heterocycles. The number of carboxylic acid groups (broad SMARTS) is 1. The van der Waals surface area contributed by atoms with E-state index in [2.05, 4.69) is 32.0 Å². The van der Waals surface area contributed by atoms with Crippen LogP contribution in [-0.4, -0.2) is 47.7 Å². The Morgan fingerprint density at radius 3 is 2.48 bits per heavy atom. The summed E-state index contributed by atoms with van der Waals surface area (Å²) >= 11 is 0. The van der Waals surface area contributed by atoms with Crippen molar-refractivity contribution in [3.05, 3.63) is 34.9 Å². The molecule has 0 bridgehead atoms. The highest BCUT2D eigenvalue weighted by molar-refractivity contribution is 5.91. The van der Waals surface area contributed by atoms with Crippen LogP contribution in [0.15, 0.2) is 18.2 Å². The highest BCUT2D eigenvalue weighted by Crippen LogP contribution is 2.50. The smallest absolute Gasteiger partial charge is 0.306 e. The van der Waals surface area contributed by atoms with Crippen LogP contribution in [0.25, 0.3) is 0 Å². The first-order chi connectivity index (χ1) is 10.9. The summed E-state index contributed by atoms with van der Waals surface area (Å²) in [4.78, 5) is 25.7. The number of carbonyl (C=O) groups is 2. The molecule has 1 aliphatic heterocycles. The number of nitrogens with zero attached hydrogens (tertiary/aromatic N) is 1. The molecule has 0 aromatic heterocycles. The Bertz CT molecular complexity index is 616. The Balaban J connectivity index is 1.78. The van der Waals surface area contributed by atoms with Crippen molar-refractivity contribution in [2.45, 2.75) is 44.6 Å². The summed E-state index contributed by atoms with van der Waals surface area (Å²) in [5.41, 5.74) is 3.04. The summed E-state index contributed by atoms with van der Waals surface area (Å²) in [5.74, 6) is -0.763. The highest BCUT2D eigenvalue weighted by Gasteiger charge is 2.53. The maximum absolute atomic E-state index is 13.1. The highest BCUT2D eigenvalue weighted by atomic mass is 16.5. The number of rotatable bonds is 4. The first-order valence-electron chi connectivity index (χ1n) is 8.12. The van der Waals surface area contributed by atoms with Crippen LogP contribution in [0.1, 0.15) is 36.0 Å². The van der Waals surface area contributed by atoms with Gasteiger partial charge in [0.2, 0.25) is 5.91 Å². The van der Waals surface area contributed by atoms with Gasteiger partial charge in [-0.25, -0.2) is 0 Å². The van der Waals surface area contributed by atoms with Gasteiger partial charge in [-0.3, -0.25) is 9.59 Å². The van der Waals surface area contributed by atoms with Crippen LogP contribution < -0.4 is 0 Å². The number of morpholine rings is 1. The molecule has 5 nitrogen and oxygen atoms in total. The summed E-state index contributed by atoms with van der Waals surface area (Å²) < 4.78 is 5.47. The van der Waals surface area contributed by atoms with Gasteiger partial charge in [0.05, 0.1) is 24.5 Å². The minimum absolute atomic E-state index is 0.0552. The summed E-state index contributed by atoms with van der Waals surface area (Å²) in [7, 11) is 0. The molecule has 0 spiro atoms. The van der Waals surface area contributed by atoms with E-state index in [4.69, 9.17) is 9.84 Å². The number of hydrogen-bond acceptors (Lipinski definition) is 3. The van der Waals surface area contributed by atoms with Crippen molar-refractivity contribution >= 4 is 11.9 Å². The zero-order valence-electron chi connectivity index (χ0n) is 13.7. The number of benzene rings is 1. The number of aliphatic carboxylic acids is 1. The SMILES string of the molecule is Cc1cc(C)cc(C2(C(=O)N3CCOC(CC(=O)O)C3)CC2)c1. The number of carboxylic acids is 1. The molecule has 5 heteroatoms. The minimum Gasteiger partial charge on any atom is -0.481 e. The van der Waals surface area contributed by atoms with Crippen molar-refractivity contribution in [1.82, 2.24) is 4.90 Å². The lowest BCUT2D eigenvalue weighted by molar-refractivity contribution is -0.149. The molecule has 3 rings (SSSR count). The third-order valence-corrected chi connectivity index (χ3v) is 4.76. The molecule has 1 atom stereocenters. The number of ether oxygens (including phenoxy) is 1. The van der Waals surface area contributed by atoms with Gasteiger partial charge in [-0.2, -0.15) is 0 Å². The van der Waals surface area contributed by atoms with Crippen LogP contribution >= 0.6 is 0 Å². The molecule has 1 amide bonds. The average molecular weight is 317 g/mol. The van der Waals surface area contributed by atoms with Crippen LogP contribution in [0.5, 0.6) is 0 Å². The Kier molecular flexibility index (Phi) is 4.15. The molecule has 1 unspecified atom stereocenters. The van der Waals surface area contributed by atoms with Crippen LogP contribution in [0, 0.1) is 13.8 Å². The molecule has 1 heterocycles. The van der Waals surface area contributed by atoms with Crippen LogP contribution in [0.4, 0.5) is 0 Å². The molecule has 23 heavy (non-hydrogen) atoms. The van der Waals surface area contributed by atoms with Gasteiger partial charge in [0.1, 0.15) is 0 Å². The minimum atomic E-state index is -0.889. The zero-order valence-corrected chi connectivity index (χ0v) is 13.7. The lowest BCUT2D eigenvalue weighted by Gasteiger charge is -2.35. The quantitative estimate of drug-likeness (QED) is 0.923. The number of hydrogen-bond donors (Lipinski definition) is 1. The lowest BCUT2D eigenvalue weighted by atomic mass is 9.91. The summed E-state index contributed by atoms with van der Waals surface area (Å²) in [6, 6.07) is 6.32. The van der Waals surface area contributed by atoms with Gasteiger partial charge in [0.25, 0.3) is 0 Å². The molecular formula is C18H23NO4. The first-order valence-corrected chi connectivity index (χ1v) is 8.12. The van der Waals surface area contributed by atoms with E-state index >= 15 is 0 Å². The van der Waals surface area contributed by atoms with Crippen LogP contribution in [-0.2, 0) is 19.7 Å². The molecule has 1 saturated carbocycles. The predicted octanol–water partition coefficient (Wildman–Crippen LogP) is 2.04. The van der Waals surface area contributed by atoms with Crippen LogP contribution in [0.3, 0.4) is 0 Å². The van der Waals surface area contributed by atoms with E-state index in [-0.39, 0.29) is 12.3 Å². The van der Waals surface area contributed by atoms with Gasteiger partial charge in [0.15, 0.2) is 0 Å². The van der Waals surface area contributed by atoms with Gasteiger partial charge in [-0.05, 0) is 32.3 Å². The second kappa shape index (κ2) is 5.96. The molecule has 0 radical (unpaired) electrons. The number of aryl methyl sites for hydroxylation is 2. The standard InChI is InChI=1S/C18H23NO4/c1-12-7-13(2)9-14(8-12)18(3-4-18)17(22)19-5-6-23-15(11-19)10-16(20)21/h7-9,15H,3-6,10-11H2,1-2H3,(H,20,21). The topological polar surface area (TPSA) is 66.8 Å². The Labute approximate surface area is 136 Å². The fourth-order valence-electron chi connectivity index (χ4n) is 3.53. The monoisotopic (exact) mass is 317 g/mol. The Morgan fingerprint density at radius 1 is 1.26 bits per heavy atom. The Hall–Kier alpha value is -1.88. The molecule has 1 aromatic carbocycles. The maximum atomic E-state index is 13.1. The van der Waals surface area contributed by atoms with Crippen molar-refractivity contribution < 1.29 is 19.4 Å². The molecule has 1 aliphatic carbocycles. The summed E-state index contributed by atoms with van der Waals surface area (Å²) in [5, 5.41) is 8.92. The van der Waals surface area contributed by atoms with Crippen molar-refractivity contribution in [1.29, 1.82) is 0 Å². The molecule has 2 fully saturated rings. The Morgan fingerprint density at radius 2 is 1.91 bits per heavy atom. The number of carbonyl (C=O) groups excluding carboxylic acids is 1. The van der Waals surface area contributed by atoms with E-state index in [0.29, 0.717) is 19.7 Å². The van der Waals surface area contributed by atoms with E-state index in [0.717, 1.165) is 18.4 Å². The van der Waals surface area contributed by atoms with E-state index in [1.165, 1.54) is 11.1 Å². The second-order valence-corrected chi connectivity index (χ2v) is 6.80. The van der Waals surface area contributed by atoms with Gasteiger partial charge >= 0.3 is 5.97 Å². The first kappa shape index (κ1) is 16.0. The van der Waals surface area contributed by atoms with Gasteiger partial charge in [-0.1, -0.05) is 29.3 Å². The molecule has 2 aliphatic rings. The molecule has 124 valence electrons.